The average molecular weight is 297 g/mol. The van der Waals surface area contributed by atoms with Crippen LogP contribution >= 0.6 is 0 Å². The highest BCUT2D eigenvalue weighted by Crippen LogP contribution is 2.09. The molecule has 0 amide bonds. The molecule has 21 heavy (non-hydrogen) atoms. The van der Waals surface area contributed by atoms with E-state index in [0.717, 1.165) is 19.0 Å². The summed E-state index contributed by atoms with van der Waals surface area (Å²) in [5, 5.41) is 6.74. The third-order valence-electron chi connectivity index (χ3n) is 3.69. The Morgan fingerprint density at radius 1 is 1.05 bits per heavy atom. The lowest BCUT2D eigenvalue weighted by Crippen LogP contribution is -2.47. The Labute approximate surface area is 131 Å². The number of unbranched alkanes of at least 4 members (excludes halogenated alkanes) is 2. The van der Waals surface area contributed by atoms with Gasteiger partial charge >= 0.3 is 0 Å². The fourth-order valence-corrected chi connectivity index (χ4v) is 2.66. The Balaban J connectivity index is 2.12. The van der Waals surface area contributed by atoms with Gasteiger partial charge in [0.15, 0.2) is 5.96 Å². The summed E-state index contributed by atoms with van der Waals surface area (Å²) in [4.78, 5) is 7.29. The number of piperidine rings is 1. The van der Waals surface area contributed by atoms with E-state index in [1.54, 1.807) is 0 Å². The van der Waals surface area contributed by atoms with Crippen LogP contribution in [0, 0.1) is 0 Å². The van der Waals surface area contributed by atoms with Crippen molar-refractivity contribution >= 4 is 5.96 Å². The van der Waals surface area contributed by atoms with Gasteiger partial charge in [-0.1, -0.05) is 12.8 Å². The van der Waals surface area contributed by atoms with Gasteiger partial charge in [0.1, 0.15) is 0 Å². The smallest absolute Gasteiger partial charge is 0.191 e. The second-order valence-electron chi connectivity index (χ2n) is 7.10. The molecule has 1 saturated heterocycles. The number of likely N-dealkylation sites (tertiary alicyclic amines) is 1. The lowest BCUT2D eigenvalue weighted by molar-refractivity contribution is 0.224. The molecule has 4 nitrogen and oxygen atoms in total. The van der Waals surface area contributed by atoms with Crippen LogP contribution < -0.4 is 10.6 Å². The maximum atomic E-state index is 4.66. The lowest BCUT2D eigenvalue weighted by atomic mass is 10.1. The van der Waals surface area contributed by atoms with E-state index in [2.05, 4.69) is 48.2 Å². The van der Waals surface area contributed by atoms with Gasteiger partial charge < -0.3 is 15.5 Å². The van der Waals surface area contributed by atoms with Gasteiger partial charge in [0.25, 0.3) is 0 Å². The minimum atomic E-state index is 0.0647. The number of nitrogens with one attached hydrogen (secondary N) is 2. The summed E-state index contributed by atoms with van der Waals surface area (Å²) in [6.07, 6.45) is 8.02. The van der Waals surface area contributed by atoms with Crippen LogP contribution in [0.5, 0.6) is 0 Å². The molecule has 0 bridgehead atoms. The summed E-state index contributed by atoms with van der Waals surface area (Å²) < 4.78 is 0. The Hall–Kier alpha value is -0.770. The summed E-state index contributed by atoms with van der Waals surface area (Å²) in [5.41, 5.74) is 0.0647. The molecular formula is C17H36N4. The second kappa shape index (κ2) is 10.0. The molecule has 0 radical (unpaired) electrons. The molecule has 0 aromatic rings. The van der Waals surface area contributed by atoms with Crippen LogP contribution in [0.4, 0.5) is 0 Å². The number of hydrogen-bond acceptors (Lipinski definition) is 2. The van der Waals surface area contributed by atoms with E-state index in [1.807, 2.05) is 0 Å². The highest BCUT2D eigenvalue weighted by atomic mass is 15.2. The number of nitrogens with zero attached hydrogens (tertiary/aromatic N) is 2. The topological polar surface area (TPSA) is 39.7 Å². The van der Waals surface area contributed by atoms with E-state index in [1.165, 1.54) is 58.2 Å². The highest BCUT2D eigenvalue weighted by Gasteiger charge is 2.11. The monoisotopic (exact) mass is 296 g/mol. The fraction of sp³-hybridized carbons (Fsp3) is 0.941. The predicted molar refractivity (Wildman–Crippen MR) is 93.0 cm³/mol. The first-order chi connectivity index (χ1) is 10.0. The molecule has 4 heteroatoms. The van der Waals surface area contributed by atoms with E-state index in [0.29, 0.717) is 0 Å². The first kappa shape index (κ1) is 18.3. The van der Waals surface area contributed by atoms with Gasteiger partial charge in [0, 0.05) is 18.6 Å². The van der Waals surface area contributed by atoms with E-state index in [-0.39, 0.29) is 5.54 Å². The molecule has 0 aliphatic carbocycles. The zero-order valence-corrected chi connectivity index (χ0v) is 14.7. The third-order valence-corrected chi connectivity index (χ3v) is 3.69. The van der Waals surface area contributed by atoms with Crippen LogP contribution in [0.25, 0.3) is 0 Å². The minimum absolute atomic E-state index is 0.0647. The Morgan fingerprint density at radius 3 is 2.38 bits per heavy atom. The standard InChI is InChI=1S/C17H36N4/c1-5-18-16(20-17(2,3)4)19-12-8-6-9-13-21-14-10-7-11-15-21/h5-15H2,1-4H3,(H2,18,19,20). The lowest BCUT2D eigenvalue weighted by Gasteiger charge is -2.26. The Kier molecular flexibility index (Phi) is 8.74. The molecule has 124 valence electrons. The maximum Gasteiger partial charge on any atom is 0.191 e. The molecule has 0 atom stereocenters. The van der Waals surface area contributed by atoms with Gasteiger partial charge in [-0.3, -0.25) is 4.99 Å². The zero-order chi connectivity index (χ0) is 15.6. The first-order valence-corrected chi connectivity index (χ1v) is 8.80. The van der Waals surface area contributed by atoms with Gasteiger partial charge in [0.2, 0.25) is 0 Å². The number of hydrogen-bond donors (Lipinski definition) is 2. The van der Waals surface area contributed by atoms with E-state index < -0.39 is 0 Å². The van der Waals surface area contributed by atoms with Crippen molar-refractivity contribution in [2.24, 2.45) is 4.99 Å². The molecule has 0 aromatic carbocycles. The zero-order valence-electron chi connectivity index (χ0n) is 14.7. The highest BCUT2D eigenvalue weighted by molar-refractivity contribution is 5.80. The molecule has 2 N–H and O–H groups in total. The third kappa shape index (κ3) is 9.72. The first-order valence-electron chi connectivity index (χ1n) is 8.80. The molecule has 0 saturated carbocycles. The molecular weight excluding hydrogens is 260 g/mol. The van der Waals surface area contributed by atoms with Crippen LogP contribution in [-0.4, -0.2) is 49.1 Å². The predicted octanol–water partition coefficient (Wildman–Crippen LogP) is 3.00. The van der Waals surface area contributed by atoms with Gasteiger partial charge in [-0.2, -0.15) is 0 Å². The molecule has 0 aromatic heterocycles. The van der Waals surface area contributed by atoms with Gasteiger partial charge in [-0.05, 0) is 73.0 Å². The second-order valence-corrected chi connectivity index (χ2v) is 7.10. The molecule has 1 heterocycles. The average Bonchev–Trinajstić information content (AvgIpc) is 2.42. The van der Waals surface area contributed by atoms with Crippen LogP contribution in [0.3, 0.4) is 0 Å². The van der Waals surface area contributed by atoms with Crippen LogP contribution in [0.15, 0.2) is 4.99 Å². The van der Waals surface area contributed by atoms with Crippen molar-refractivity contribution in [3.63, 3.8) is 0 Å². The quantitative estimate of drug-likeness (QED) is 0.431. The van der Waals surface area contributed by atoms with E-state index in [9.17, 15) is 0 Å². The Bertz CT molecular complexity index is 288. The van der Waals surface area contributed by atoms with Gasteiger partial charge in [-0.15, -0.1) is 0 Å². The summed E-state index contributed by atoms with van der Waals surface area (Å²) in [6, 6.07) is 0. The van der Waals surface area contributed by atoms with Crippen LogP contribution in [-0.2, 0) is 0 Å². The van der Waals surface area contributed by atoms with Crippen molar-refractivity contribution in [3.05, 3.63) is 0 Å². The van der Waals surface area contributed by atoms with Crippen LogP contribution in [0.2, 0.25) is 0 Å². The van der Waals surface area contributed by atoms with Gasteiger partial charge in [-0.25, -0.2) is 0 Å². The van der Waals surface area contributed by atoms with Crippen molar-refractivity contribution < 1.29 is 0 Å². The van der Waals surface area contributed by atoms with Crippen LogP contribution in [0.1, 0.15) is 66.2 Å². The van der Waals surface area contributed by atoms with E-state index in [4.69, 9.17) is 0 Å². The summed E-state index contributed by atoms with van der Waals surface area (Å²) >= 11 is 0. The minimum Gasteiger partial charge on any atom is -0.357 e. The molecule has 1 rings (SSSR count). The summed E-state index contributed by atoms with van der Waals surface area (Å²) in [5.74, 6) is 0.945. The fourth-order valence-electron chi connectivity index (χ4n) is 2.66. The number of guanidine groups is 1. The SMILES string of the molecule is CCNC(=NCCCCCN1CCCCC1)NC(C)(C)C. The summed E-state index contributed by atoms with van der Waals surface area (Å²) in [7, 11) is 0. The van der Waals surface area contributed by atoms with Crippen molar-refractivity contribution in [2.75, 3.05) is 32.7 Å². The molecule has 0 spiro atoms. The van der Waals surface area contributed by atoms with E-state index >= 15 is 0 Å². The maximum absolute atomic E-state index is 4.66. The molecule has 0 unspecified atom stereocenters. The van der Waals surface area contributed by atoms with Crippen molar-refractivity contribution in [1.82, 2.24) is 15.5 Å². The Morgan fingerprint density at radius 2 is 1.76 bits per heavy atom. The largest absolute Gasteiger partial charge is 0.357 e. The molecule has 1 aliphatic heterocycles. The normalized spacial score (nSPS) is 17.8. The van der Waals surface area contributed by atoms with Crippen molar-refractivity contribution in [1.29, 1.82) is 0 Å². The number of rotatable bonds is 7. The van der Waals surface area contributed by atoms with Crippen molar-refractivity contribution in [3.8, 4) is 0 Å². The van der Waals surface area contributed by atoms with Gasteiger partial charge in [0.05, 0.1) is 0 Å². The summed E-state index contributed by atoms with van der Waals surface area (Å²) in [6.45, 7) is 14.4. The van der Waals surface area contributed by atoms with Crippen molar-refractivity contribution in [2.45, 2.75) is 71.8 Å². The number of aliphatic imine (C=N–C) groups is 1. The molecule has 1 aliphatic rings. The molecule has 1 fully saturated rings.